The predicted octanol–water partition coefficient (Wildman–Crippen LogP) is 3.00. The lowest BCUT2D eigenvalue weighted by Crippen LogP contribution is -2.08. The van der Waals surface area contributed by atoms with E-state index >= 15 is 0 Å². The third-order valence-corrected chi connectivity index (χ3v) is 3.46. The molecule has 20 heavy (non-hydrogen) atoms. The molecule has 4 nitrogen and oxygen atoms in total. The van der Waals surface area contributed by atoms with E-state index in [4.69, 9.17) is 0 Å². The zero-order chi connectivity index (χ0) is 13.9. The number of hydrogen-bond donors (Lipinski definition) is 1. The Bertz CT molecular complexity index is 730. The summed E-state index contributed by atoms with van der Waals surface area (Å²) < 4.78 is 1.86. The molecule has 0 saturated carbocycles. The molecule has 0 unspecified atom stereocenters. The summed E-state index contributed by atoms with van der Waals surface area (Å²) >= 11 is 0. The average Bonchev–Trinajstić information content (AvgIpc) is 2.82. The van der Waals surface area contributed by atoms with Crippen LogP contribution in [-0.2, 0) is 6.42 Å². The highest BCUT2D eigenvalue weighted by Crippen LogP contribution is 2.15. The van der Waals surface area contributed by atoms with Gasteiger partial charge in [-0.2, -0.15) is 5.10 Å². The fourth-order valence-electron chi connectivity index (χ4n) is 2.39. The lowest BCUT2D eigenvalue weighted by atomic mass is 10.1. The van der Waals surface area contributed by atoms with Gasteiger partial charge in [0.25, 0.3) is 0 Å². The van der Waals surface area contributed by atoms with Crippen LogP contribution < -0.4 is 5.32 Å². The molecule has 0 bridgehead atoms. The molecule has 3 rings (SSSR count). The Morgan fingerprint density at radius 3 is 2.90 bits per heavy atom. The lowest BCUT2D eigenvalue weighted by molar-refractivity contribution is 0.916. The fraction of sp³-hybridized carbons (Fsp3) is 0.250. The van der Waals surface area contributed by atoms with Crippen LogP contribution in [0.3, 0.4) is 0 Å². The molecular weight excluding hydrogens is 248 g/mol. The van der Waals surface area contributed by atoms with E-state index in [2.05, 4.69) is 46.6 Å². The Morgan fingerprint density at radius 2 is 2.05 bits per heavy atom. The van der Waals surface area contributed by atoms with Gasteiger partial charge in [0.2, 0.25) is 0 Å². The molecule has 0 radical (unpaired) electrons. The van der Waals surface area contributed by atoms with Crippen LogP contribution in [0.1, 0.15) is 16.8 Å². The number of nitrogens with zero attached hydrogens (tertiary/aromatic N) is 3. The molecule has 1 aromatic carbocycles. The van der Waals surface area contributed by atoms with Crippen LogP contribution in [0.15, 0.2) is 42.7 Å². The van der Waals surface area contributed by atoms with E-state index < -0.39 is 0 Å². The number of benzene rings is 1. The maximum absolute atomic E-state index is 4.40. The molecular formula is C16H18N4. The number of fused-ring (bicyclic) bond motifs is 1. The topological polar surface area (TPSA) is 42.2 Å². The van der Waals surface area contributed by atoms with Gasteiger partial charge in [-0.15, -0.1) is 0 Å². The van der Waals surface area contributed by atoms with Gasteiger partial charge < -0.3 is 5.32 Å². The maximum Gasteiger partial charge on any atom is 0.152 e. The van der Waals surface area contributed by atoms with Crippen molar-refractivity contribution in [2.75, 3.05) is 11.9 Å². The predicted molar refractivity (Wildman–Crippen MR) is 81.1 cm³/mol. The summed E-state index contributed by atoms with van der Waals surface area (Å²) in [6, 6.07) is 10.5. The second-order valence-corrected chi connectivity index (χ2v) is 4.99. The SMILES string of the molecule is Cc1cc2c(NCCc3ccccc3C)nccn2n1. The molecule has 2 heterocycles. The van der Waals surface area contributed by atoms with Crippen molar-refractivity contribution in [2.24, 2.45) is 0 Å². The number of hydrogen-bond acceptors (Lipinski definition) is 3. The van der Waals surface area contributed by atoms with Gasteiger partial charge in [-0.3, -0.25) is 0 Å². The normalized spacial score (nSPS) is 10.9. The van der Waals surface area contributed by atoms with E-state index in [1.807, 2.05) is 23.7 Å². The van der Waals surface area contributed by atoms with E-state index in [0.29, 0.717) is 0 Å². The van der Waals surface area contributed by atoms with Crippen LogP contribution in [-0.4, -0.2) is 21.1 Å². The highest BCUT2D eigenvalue weighted by Gasteiger charge is 2.05. The van der Waals surface area contributed by atoms with E-state index in [1.165, 1.54) is 11.1 Å². The molecule has 4 heteroatoms. The molecule has 0 amide bonds. The van der Waals surface area contributed by atoms with Crippen molar-refractivity contribution in [3.05, 3.63) is 59.5 Å². The number of rotatable bonds is 4. The first-order valence-corrected chi connectivity index (χ1v) is 6.83. The quantitative estimate of drug-likeness (QED) is 0.789. The van der Waals surface area contributed by atoms with Gasteiger partial charge in [-0.05, 0) is 37.5 Å². The number of aromatic nitrogens is 3. The molecule has 3 aromatic rings. The Morgan fingerprint density at radius 1 is 1.20 bits per heavy atom. The first-order valence-electron chi connectivity index (χ1n) is 6.83. The summed E-state index contributed by atoms with van der Waals surface area (Å²) in [4.78, 5) is 4.40. The standard InChI is InChI=1S/C16H18N4/c1-12-5-3-4-6-14(12)7-8-17-16-15-11-13(2)19-20(15)10-9-18-16/h3-6,9-11H,7-8H2,1-2H3,(H,17,18). The average molecular weight is 266 g/mol. The molecule has 0 spiro atoms. The fourth-order valence-corrected chi connectivity index (χ4v) is 2.39. The number of anilines is 1. The highest BCUT2D eigenvalue weighted by atomic mass is 15.2. The number of aryl methyl sites for hydroxylation is 2. The molecule has 0 fully saturated rings. The van der Waals surface area contributed by atoms with Crippen molar-refractivity contribution in [3.8, 4) is 0 Å². The second kappa shape index (κ2) is 5.33. The van der Waals surface area contributed by atoms with Gasteiger partial charge in [-0.25, -0.2) is 9.50 Å². The zero-order valence-corrected chi connectivity index (χ0v) is 11.8. The van der Waals surface area contributed by atoms with Gasteiger partial charge in [-0.1, -0.05) is 24.3 Å². The van der Waals surface area contributed by atoms with Crippen LogP contribution in [0.4, 0.5) is 5.82 Å². The van der Waals surface area contributed by atoms with E-state index in [0.717, 1.165) is 30.0 Å². The van der Waals surface area contributed by atoms with Crippen molar-refractivity contribution in [1.29, 1.82) is 0 Å². The van der Waals surface area contributed by atoms with Gasteiger partial charge in [0.05, 0.1) is 5.69 Å². The summed E-state index contributed by atoms with van der Waals surface area (Å²) in [6.07, 6.45) is 4.63. The summed E-state index contributed by atoms with van der Waals surface area (Å²) in [5.41, 5.74) is 4.73. The Hall–Kier alpha value is -2.36. The summed E-state index contributed by atoms with van der Waals surface area (Å²) in [6.45, 7) is 5.00. The van der Waals surface area contributed by atoms with E-state index in [9.17, 15) is 0 Å². The minimum absolute atomic E-state index is 0.863. The Labute approximate surface area is 118 Å². The van der Waals surface area contributed by atoms with Crippen LogP contribution in [0, 0.1) is 13.8 Å². The minimum Gasteiger partial charge on any atom is -0.368 e. The monoisotopic (exact) mass is 266 g/mol. The smallest absolute Gasteiger partial charge is 0.152 e. The van der Waals surface area contributed by atoms with Gasteiger partial charge in [0.1, 0.15) is 5.52 Å². The molecule has 1 N–H and O–H groups in total. The highest BCUT2D eigenvalue weighted by molar-refractivity contribution is 5.67. The van der Waals surface area contributed by atoms with Crippen LogP contribution >= 0.6 is 0 Å². The van der Waals surface area contributed by atoms with Crippen molar-refractivity contribution < 1.29 is 0 Å². The van der Waals surface area contributed by atoms with Crippen molar-refractivity contribution >= 4 is 11.3 Å². The Balaban J connectivity index is 1.73. The Kier molecular flexibility index (Phi) is 3.37. The molecule has 2 aromatic heterocycles. The first-order chi connectivity index (χ1) is 9.74. The lowest BCUT2D eigenvalue weighted by Gasteiger charge is -2.08. The molecule has 0 atom stereocenters. The summed E-state index contributed by atoms with van der Waals surface area (Å²) in [7, 11) is 0. The van der Waals surface area contributed by atoms with Crippen molar-refractivity contribution in [2.45, 2.75) is 20.3 Å². The zero-order valence-electron chi connectivity index (χ0n) is 11.8. The molecule has 0 aliphatic heterocycles. The van der Waals surface area contributed by atoms with Gasteiger partial charge in [0.15, 0.2) is 5.82 Å². The van der Waals surface area contributed by atoms with Crippen LogP contribution in [0.5, 0.6) is 0 Å². The first kappa shape index (κ1) is 12.7. The van der Waals surface area contributed by atoms with E-state index in [-0.39, 0.29) is 0 Å². The van der Waals surface area contributed by atoms with Crippen molar-refractivity contribution in [1.82, 2.24) is 14.6 Å². The molecule has 0 saturated heterocycles. The van der Waals surface area contributed by atoms with Crippen LogP contribution in [0.25, 0.3) is 5.52 Å². The third-order valence-electron chi connectivity index (χ3n) is 3.46. The largest absolute Gasteiger partial charge is 0.368 e. The van der Waals surface area contributed by atoms with Gasteiger partial charge in [0, 0.05) is 18.9 Å². The molecule has 102 valence electrons. The maximum atomic E-state index is 4.40. The second-order valence-electron chi connectivity index (χ2n) is 4.99. The van der Waals surface area contributed by atoms with Crippen LogP contribution in [0.2, 0.25) is 0 Å². The molecule has 0 aliphatic carbocycles. The molecule has 0 aliphatic rings. The summed E-state index contributed by atoms with van der Waals surface area (Å²) in [5, 5.41) is 7.80. The third kappa shape index (κ3) is 2.50. The summed E-state index contributed by atoms with van der Waals surface area (Å²) in [5.74, 6) is 0.890. The van der Waals surface area contributed by atoms with Gasteiger partial charge >= 0.3 is 0 Å². The number of nitrogens with one attached hydrogen (secondary N) is 1. The van der Waals surface area contributed by atoms with E-state index in [1.54, 1.807) is 6.20 Å². The minimum atomic E-state index is 0.863. The van der Waals surface area contributed by atoms with Crippen molar-refractivity contribution in [3.63, 3.8) is 0 Å².